The number of carbonyl (C=O) groups is 1. The van der Waals surface area contributed by atoms with Crippen LogP contribution in [0.3, 0.4) is 0 Å². The van der Waals surface area contributed by atoms with Crippen molar-refractivity contribution in [3.05, 3.63) is 0 Å². The van der Waals surface area contributed by atoms with Crippen LogP contribution < -0.4 is 5.32 Å². The van der Waals surface area contributed by atoms with Gasteiger partial charge in [-0.15, -0.1) is 0 Å². The number of aliphatic hydroxyl groups excluding tert-OH is 1. The molecule has 0 aromatic carbocycles. The van der Waals surface area contributed by atoms with Crippen LogP contribution in [0.5, 0.6) is 0 Å². The molecule has 1 saturated carbocycles. The summed E-state index contributed by atoms with van der Waals surface area (Å²) in [5, 5.41) is 12.1. The fourth-order valence-corrected chi connectivity index (χ4v) is 2.71. The van der Waals surface area contributed by atoms with Crippen LogP contribution in [-0.2, 0) is 9.53 Å². The molecule has 2 unspecified atom stereocenters. The molecule has 4 nitrogen and oxygen atoms in total. The van der Waals surface area contributed by atoms with Crippen molar-refractivity contribution in [1.29, 1.82) is 0 Å². The van der Waals surface area contributed by atoms with Crippen LogP contribution in [0, 0.1) is 11.8 Å². The molecule has 0 aromatic rings. The first-order chi connectivity index (χ1) is 8.79. The van der Waals surface area contributed by atoms with Crippen molar-refractivity contribution in [2.75, 3.05) is 19.8 Å². The van der Waals surface area contributed by atoms with Crippen molar-refractivity contribution < 1.29 is 14.6 Å². The second kappa shape index (κ2) is 7.10. The molecule has 2 rings (SSSR count). The highest BCUT2D eigenvalue weighted by molar-refractivity contribution is 5.76. The fourth-order valence-electron chi connectivity index (χ4n) is 2.71. The molecule has 0 aromatic heterocycles. The Morgan fingerprint density at radius 3 is 2.83 bits per heavy atom. The van der Waals surface area contributed by atoms with Gasteiger partial charge in [-0.05, 0) is 50.4 Å². The van der Waals surface area contributed by atoms with E-state index in [1.165, 1.54) is 19.3 Å². The van der Waals surface area contributed by atoms with Gasteiger partial charge in [-0.1, -0.05) is 0 Å². The number of amides is 1. The molecule has 0 radical (unpaired) electrons. The van der Waals surface area contributed by atoms with E-state index >= 15 is 0 Å². The number of rotatable bonds is 7. The minimum atomic E-state index is 0.144. The maximum Gasteiger partial charge on any atom is 0.220 e. The number of carbonyl (C=O) groups excluding carboxylic acids is 1. The van der Waals surface area contributed by atoms with Crippen molar-refractivity contribution in [2.24, 2.45) is 11.8 Å². The lowest BCUT2D eigenvalue weighted by atomic mass is 9.96. The Bertz CT molecular complexity index is 260. The molecule has 1 heterocycles. The third kappa shape index (κ3) is 4.58. The van der Waals surface area contributed by atoms with Gasteiger partial charge >= 0.3 is 0 Å². The molecule has 1 saturated heterocycles. The zero-order valence-electron chi connectivity index (χ0n) is 11.1. The standard InChI is InChI=1S/C14H25NO3/c16-8-7-13(12-4-5-12)15-14(17)6-3-11-2-1-9-18-10-11/h11-13,16H,1-10H2,(H,15,17). The van der Waals surface area contributed by atoms with Crippen LogP contribution in [-0.4, -0.2) is 36.9 Å². The summed E-state index contributed by atoms with van der Waals surface area (Å²) in [4.78, 5) is 11.9. The largest absolute Gasteiger partial charge is 0.396 e. The molecule has 104 valence electrons. The van der Waals surface area contributed by atoms with Gasteiger partial charge in [0.1, 0.15) is 0 Å². The molecule has 1 amide bonds. The van der Waals surface area contributed by atoms with Crippen LogP contribution in [0.1, 0.15) is 44.9 Å². The molecule has 1 aliphatic heterocycles. The van der Waals surface area contributed by atoms with E-state index < -0.39 is 0 Å². The monoisotopic (exact) mass is 255 g/mol. The second-order valence-corrected chi connectivity index (χ2v) is 5.65. The van der Waals surface area contributed by atoms with E-state index in [1.807, 2.05) is 0 Å². The predicted molar refractivity (Wildman–Crippen MR) is 69.1 cm³/mol. The van der Waals surface area contributed by atoms with E-state index in [0.29, 0.717) is 24.7 Å². The maximum atomic E-state index is 11.9. The van der Waals surface area contributed by atoms with Gasteiger partial charge in [-0.2, -0.15) is 0 Å². The van der Waals surface area contributed by atoms with Gasteiger partial charge in [0.05, 0.1) is 0 Å². The van der Waals surface area contributed by atoms with Crippen molar-refractivity contribution in [3.8, 4) is 0 Å². The van der Waals surface area contributed by atoms with Gasteiger partial charge < -0.3 is 15.2 Å². The molecule has 2 fully saturated rings. The fraction of sp³-hybridized carbons (Fsp3) is 0.929. The highest BCUT2D eigenvalue weighted by Gasteiger charge is 2.31. The molecule has 18 heavy (non-hydrogen) atoms. The number of hydrogen-bond acceptors (Lipinski definition) is 3. The van der Waals surface area contributed by atoms with Crippen LogP contribution >= 0.6 is 0 Å². The van der Waals surface area contributed by atoms with Crippen LogP contribution in [0.4, 0.5) is 0 Å². The number of nitrogens with one attached hydrogen (secondary N) is 1. The van der Waals surface area contributed by atoms with E-state index in [9.17, 15) is 4.79 Å². The Balaban J connectivity index is 1.63. The average Bonchev–Trinajstić information content (AvgIpc) is 3.21. The normalized spacial score (nSPS) is 25.7. The van der Waals surface area contributed by atoms with Gasteiger partial charge in [0.15, 0.2) is 0 Å². The van der Waals surface area contributed by atoms with Crippen LogP contribution in [0.15, 0.2) is 0 Å². The van der Waals surface area contributed by atoms with Crippen molar-refractivity contribution in [3.63, 3.8) is 0 Å². The molecular formula is C14H25NO3. The van der Waals surface area contributed by atoms with Gasteiger partial charge in [-0.3, -0.25) is 4.79 Å². The maximum absolute atomic E-state index is 11.9. The summed E-state index contributed by atoms with van der Waals surface area (Å²) >= 11 is 0. The van der Waals surface area contributed by atoms with Gasteiger partial charge in [0, 0.05) is 32.3 Å². The molecular weight excluding hydrogens is 230 g/mol. The van der Waals surface area contributed by atoms with Crippen molar-refractivity contribution in [1.82, 2.24) is 5.32 Å². The lowest BCUT2D eigenvalue weighted by molar-refractivity contribution is -0.122. The third-order valence-electron chi connectivity index (χ3n) is 4.01. The van der Waals surface area contributed by atoms with E-state index in [-0.39, 0.29) is 18.6 Å². The van der Waals surface area contributed by atoms with Crippen molar-refractivity contribution in [2.45, 2.75) is 51.0 Å². The van der Waals surface area contributed by atoms with E-state index in [0.717, 1.165) is 26.1 Å². The minimum Gasteiger partial charge on any atom is -0.396 e. The third-order valence-corrected chi connectivity index (χ3v) is 4.01. The molecule has 0 spiro atoms. The number of hydrogen-bond donors (Lipinski definition) is 2. The molecule has 2 atom stereocenters. The first-order valence-electron chi connectivity index (χ1n) is 7.27. The SMILES string of the molecule is O=C(CCC1CCCOC1)NC(CCO)C1CC1. The minimum absolute atomic E-state index is 0.144. The summed E-state index contributed by atoms with van der Waals surface area (Å²) in [6.45, 7) is 1.86. The summed E-state index contributed by atoms with van der Waals surface area (Å²) in [6, 6.07) is 0.199. The molecule has 1 aliphatic carbocycles. The van der Waals surface area contributed by atoms with Crippen LogP contribution in [0.2, 0.25) is 0 Å². The second-order valence-electron chi connectivity index (χ2n) is 5.65. The highest BCUT2D eigenvalue weighted by atomic mass is 16.5. The Morgan fingerprint density at radius 1 is 1.39 bits per heavy atom. The smallest absolute Gasteiger partial charge is 0.220 e. The molecule has 2 aliphatic rings. The van der Waals surface area contributed by atoms with Gasteiger partial charge in [0.25, 0.3) is 0 Å². The topological polar surface area (TPSA) is 58.6 Å². The summed E-state index contributed by atoms with van der Waals surface area (Å²) < 4.78 is 5.42. The first-order valence-corrected chi connectivity index (χ1v) is 7.27. The van der Waals surface area contributed by atoms with Gasteiger partial charge in [0.2, 0.25) is 5.91 Å². The van der Waals surface area contributed by atoms with Crippen LogP contribution in [0.25, 0.3) is 0 Å². The van der Waals surface area contributed by atoms with E-state index in [1.54, 1.807) is 0 Å². The summed E-state index contributed by atoms with van der Waals surface area (Å²) in [5.41, 5.74) is 0. The predicted octanol–water partition coefficient (Wildman–Crippen LogP) is 1.47. The Kier molecular flexibility index (Phi) is 5.45. The van der Waals surface area contributed by atoms with E-state index in [2.05, 4.69) is 5.32 Å². The lowest BCUT2D eigenvalue weighted by Crippen LogP contribution is -2.37. The first kappa shape index (κ1) is 13.8. The summed E-state index contributed by atoms with van der Waals surface area (Å²) in [7, 11) is 0. The van der Waals surface area contributed by atoms with E-state index in [4.69, 9.17) is 9.84 Å². The Morgan fingerprint density at radius 2 is 2.22 bits per heavy atom. The molecule has 4 heteroatoms. The number of aliphatic hydroxyl groups is 1. The molecule has 2 N–H and O–H groups in total. The Labute approximate surface area is 109 Å². The number of ether oxygens (including phenoxy) is 1. The summed E-state index contributed by atoms with van der Waals surface area (Å²) in [5.74, 6) is 1.31. The zero-order valence-corrected chi connectivity index (χ0v) is 11.1. The molecule has 0 bridgehead atoms. The van der Waals surface area contributed by atoms with Crippen molar-refractivity contribution >= 4 is 5.91 Å². The van der Waals surface area contributed by atoms with Gasteiger partial charge in [-0.25, -0.2) is 0 Å². The quantitative estimate of drug-likeness (QED) is 0.724. The Hall–Kier alpha value is -0.610. The lowest BCUT2D eigenvalue weighted by Gasteiger charge is -2.22. The zero-order chi connectivity index (χ0) is 12.8. The highest BCUT2D eigenvalue weighted by Crippen LogP contribution is 2.34. The summed E-state index contributed by atoms with van der Waals surface area (Å²) in [6.07, 6.45) is 6.94. The average molecular weight is 255 g/mol.